The van der Waals surface area contributed by atoms with Crippen molar-refractivity contribution in [3.8, 4) is 5.75 Å². The summed E-state index contributed by atoms with van der Waals surface area (Å²) in [6.45, 7) is 1.42. The molecule has 2 heterocycles. The SMILES string of the molecule is NC(COc1ccc(C(=O)N2CC[C@H](c3ccc(F)cc3)C2)c(F)c1)Cn1ncnn1. The largest absolute Gasteiger partial charge is 0.492 e. The molecule has 1 unspecified atom stereocenters. The average Bonchev–Trinajstić information content (AvgIpc) is 3.45. The van der Waals surface area contributed by atoms with Crippen LogP contribution in [0, 0.1) is 11.6 Å². The third-order valence-electron chi connectivity index (χ3n) is 5.24. The number of halogens is 2. The van der Waals surface area contributed by atoms with Crippen LogP contribution in [0.25, 0.3) is 0 Å². The van der Waals surface area contributed by atoms with Gasteiger partial charge in [0, 0.05) is 25.1 Å². The average molecular weight is 428 g/mol. The molecule has 8 nitrogen and oxygen atoms in total. The maximum atomic E-state index is 14.6. The zero-order chi connectivity index (χ0) is 21.8. The van der Waals surface area contributed by atoms with Crippen molar-refractivity contribution in [3.05, 3.63) is 71.6 Å². The van der Waals surface area contributed by atoms with E-state index in [1.807, 2.05) is 0 Å². The van der Waals surface area contributed by atoms with Gasteiger partial charge in [0.1, 0.15) is 24.0 Å². The van der Waals surface area contributed by atoms with Crippen molar-refractivity contribution in [2.45, 2.75) is 24.9 Å². The molecule has 1 aromatic heterocycles. The van der Waals surface area contributed by atoms with E-state index in [1.165, 1.54) is 35.4 Å². The molecule has 1 aliphatic heterocycles. The van der Waals surface area contributed by atoms with Crippen LogP contribution in [-0.4, -0.2) is 56.8 Å². The van der Waals surface area contributed by atoms with Crippen LogP contribution in [0.5, 0.6) is 5.75 Å². The summed E-state index contributed by atoms with van der Waals surface area (Å²) in [6, 6.07) is 10.0. The van der Waals surface area contributed by atoms with Crippen LogP contribution in [0.4, 0.5) is 8.78 Å². The van der Waals surface area contributed by atoms with Crippen LogP contribution in [-0.2, 0) is 6.54 Å². The lowest BCUT2D eigenvalue weighted by Gasteiger charge is -2.18. The predicted molar refractivity (Wildman–Crippen MR) is 107 cm³/mol. The molecular weight excluding hydrogens is 406 g/mol. The number of hydrogen-bond acceptors (Lipinski definition) is 6. The van der Waals surface area contributed by atoms with Gasteiger partial charge in [0.05, 0.1) is 18.2 Å². The highest BCUT2D eigenvalue weighted by Crippen LogP contribution is 2.29. The monoisotopic (exact) mass is 428 g/mol. The molecule has 162 valence electrons. The van der Waals surface area contributed by atoms with Gasteiger partial charge in [0.2, 0.25) is 0 Å². The number of nitrogens with two attached hydrogens (primary N) is 1. The number of carbonyl (C=O) groups excluding carboxylic acids is 1. The number of carbonyl (C=O) groups is 1. The number of nitrogens with zero attached hydrogens (tertiary/aromatic N) is 5. The number of ether oxygens (including phenoxy) is 1. The molecule has 0 aliphatic carbocycles. The first kappa shape index (κ1) is 20.9. The van der Waals surface area contributed by atoms with Gasteiger partial charge < -0.3 is 15.4 Å². The Morgan fingerprint density at radius 1 is 1.23 bits per heavy atom. The summed E-state index contributed by atoms with van der Waals surface area (Å²) in [7, 11) is 0. The third kappa shape index (κ3) is 5.02. The van der Waals surface area contributed by atoms with Gasteiger partial charge in [-0.15, -0.1) is 10.2 Å². The second kappa shape index (κ2) is 9.17. The van der Waals surface area contributed by atoms with Crippen LogP contribution in [0.15, 0.2) is 48.8 Å². The Morgan fingerprint density at radius 3 is 2.74 bits per heavy atom. The van der Waals surface area contributed by atoms with Crippen molar-refractivity contribution in [3.63, 3.8) is 0 Å². The van der Waals surface area contributed by atoms with Gasteiger partial charge >= 0.3 is 0 Å². The quantitative estimate of drug-likeness (QED) is 0.618. The fourth-order valence-electron chi connectivity index (χ4n) is 3.62. The van der Waals surface area contributed by atoms with E-state index in [2.05, 4.69) is 15.4 Å². The fourth-order valence-corrected chi connectivity index (χ4v) is 3.62. The van der Waals surface area contributed by atoms with Crippen molar-refractivity contribution >= 4 is 5.91 Å². The number of likely N-dealkylation sites (tertiary alicyclic amines) is 1. The normalized spacial score (nSPS) is 17.0. The Labute approximate surface area is 177 Å². The summed E-state index contributed by atoms with van der Waals surface area (Å²) < 4.78 is 33.3. The van der Waals surface area contributed by atoms with Crippen LogP contribution < -0.4 is 10.5 Å². The van der Waals surface area contributed by atoms with Gasteiger partial charge in [0.25, 0.3) is 5.91 Å². The second-order valence-electron chi connectivity index (χ2n) is 7.49. The summed E-state index contributed by atoms with van der Waals surface area (Å²) >= 11 is 0. The first-order valence-corrected chi connectivity index (χ1v) is 9.93. The third-order valence-corrected chi connectivity index (χ3v) is 5.24. The summed E-state index contributed by atoms with van der Waals surface area (Å²) in [5.41, 5.74) is 6.91. The topological polar surface area (TPSA) is 99.2 Å². The Kier molecular flexibility index (Phi) is 6.17. The van der Waals surface area contributed by atoms with E-state index >= 15 is 0 Å². The maximum Gasteiger partial charge on any atom is 0.256 e. The molecule has 31 heavy (non-hydrogen) atoms. The highest BCUT2D eigenvalue weighted by atomic mass is 19.1. The number of aromatic nitrogens is 4. The molecule has 0 saturated carbocycles. The highest BCUT2D eigenvalue weighted by molar-refractivity contribution is 5.94. The maximum absolute atomic E-state index is 14.6. The van der Waals surface area contributed by atoms with E-state index in [0.717, 1.165) is 12.0 Å². The number of hydrogen-bond donors (Lipinski definition) is 1. The first-order valence-electron chi connectivity index (χ1n) is 9.93. The van der Waals surface area contributed by atoms with E-state index in [1.54, 1.807) is 23.1 Å². The van der Waals surface area contributed by atoms with E-state index in [0.29, 0.717) is 19.6 Å². The summed E-state index contributed by atoms with van der Waals surface area (Å²) in [5, 5.41) is 11.2. The smallest absolute Gasteiger partial charge is 0.256 e. The minimum Gasteiger partial charge on any atom is -0.492 e. The van der Waals surface area contributed by atoms with E-state index in [4.69, 9.17) is 10.5 Å². The molecule has 1 saturated heterocycles. The number of amides is 1. The molecule has 1 aliphatic rings. The molecule has 1 fully saturated rings. The molecule has 2 N–H and O–H groups in total. The van der Waals surface area contributed by atoms with Gasteiger partial charge in [-0.2, -0.15) is 4.80 Å². The predicted octanol–water partition coefficient (Wildman–Crippen LogP) is 1.99. The molecule has 3 aromatic rings. The lowest BCUT2D eigenvalue weighted by molar-refractivity contribution is 0.0786. The molecule has 1 amide bonds. The molecule has 0 radical (unpaired) electrons. The minimum absolute atomic E-state index is 0.0109. The minimum atomic E-state index is -0.653. The Bertz CT molecular complexity index is 1030. The van der Waals surface area contributed by atoms with Crippen molar-refractivity contribution in [2.24, 2.45) is 5.73 Å². The number of rotatable bonds is 7. The summed E-state index contributed by atoms with van der Waals surface area (Å²) in [6.07, 6.45) is 2.06. The van der Waals surface area contributed by atoms with Crippen molar-refractivity contribution in [1.29, 1.82) is 0 Å². The second-order valence-corrected chi connectivity index (χ2v) is 7.49. The Hall–Kier alpha value is -3.40. The zero-order valence-corrected chi connectivity index (χ0v) is 16.7. The fraction of sp³-hybridized carbons (Fsp3) is 0.333. The van der Waals surface area contributed by atoms with Gasteiger partial charge in [-0.05, 0) is 41.5 Å². The van der Waals surface area contributed by atoms with E-state index in [9.17, 15) is 13.6 Å². The van der Waals surface area contributed by atoms with Crippen LogP contribution >= 0.6 is 0 Å². The molecule has 0 bridgehead atoms. The van der Waals surface area contributed by atoms with Crippen molar-refractivity contribution in [1.82, 2.24) is 25.1 Å². The van der Waals surface area contributed by atoms with Gasteiger partial charge in [-0.25, -0.2) is 8.78 Å². The van der Waals surface area contributed by atoms with Gasteiger partial charge in [-0.1, -0.05) is 12.1 Å². The molecule has 2 aromatic carbocycles. The van der Waals surface area contributed by atoms with Gasteiger partial charge in [-0.3, -0.25) is 4.79 Å². The molecular formula is C21H22F2N6O2. The van der Waals surface area contributed by atoms with Crippen LogP contribution in [0.3, 0.4) is 0 Å². The molecule has 2 atom stereocenters. The van der Waals surface area contributed by atoms with Crippen LogP contribution in [0.1, 0.15) is 28.3 Å². The summed E-state index contributed by atoms with van der Waals surface area (Å²) in [5.74, 6) is -0.935. The summed E-state index contributed by atoms with van der Waals surface area (Å²) in [4.78, 5) is 15.8. The lowest BCUT2D eigenvalue weighted by Crippen LogP contribution is -2.33. The van der Waals surface area contributed by atoms with Crippen LogP contribution in [0.2, 0.25) is 0 Å². The number of benzene rings is 2. The van der Waals surface area contributed by atoms with E-state index < -0.39 is 11.9 Å². The van der Waals surface area contributed by atoms with Crippen molar-refractivity contribution in [2.75, 3.05) is 19.7 Å². The lowest BCUT2D eigenvalue weighted by atomic mass is 9.98. The van der Waals surface area contributed by atoms with E-state index in [-0.39, 0.29) is 35.6 Å². The highest BCUT2D eigenvalue weighted by Gasteiger charge is 2.29. The Balaban J connectivity index is 1.34. The molecule has 0 spiro atoms. The molecule has 10 heteroatoms. The first-order chi connectivity index (χ1) is 15.0. The molecule has 4 rings (SSSR count). The Morgan fingerprint density at radius 2 is 2.03 bits per heavy atom. The van der Waals surface area contributed by atoms with Crippen molar-refractivity contribution < 1.29 is 18.3 Å². The zero-order valence-electron chi connectivity index (χ0n) is 16.7. The standard InChI is InChI=1S/C21H22F2N6O2/c22-16-3-1-14(2-4-16)15-7-8-28(10-15)21(30)19-6-5-18(9-20(19)23)31-12-17(24)11-29-26-13-25-27-29/h1-6,9,13,15,17H,7-8,10-12,24H2/t15-,17?/m0/s1. The van der Waals surface area contributed by atoms with Gasteiger partial charge in [0.15, 0.2) is 6.33 Å². The number of tetrazole rings is 1.